The predicted octanol–water partition coefficient (Wildman–Crippen LogP) is 0.690. The third-order valence-corrected chi connectivity index (χ3v) is 2.59. The molecule has 1 aromatic carbocycles. The fraction of sp³-hybridized carbons (Fsp3) is 0.429. The maximum atomic E-state index is 12.2. The van der Waals surface area contributed by atoms with Gasteiger partial charge in [-0.05, 0) is 11.5 Å². The average Bonchev–Trinajstić information content (AvgIpc) is 2.36. The van der Waals surface area contributed by atoms with Gasteiger partial charge in [-0.15, -0.1) is 0 Å². The van der Waals surface area contributed by atoms with Gasteiger partial charge in [-0.25, -0.2) is 0 Å². The highest BCUT2D eigenvalue weighted by molar-refractivity contribution is 5.86. The molecule has 0 saturated carbocycles. The Morgan fingerprint density at radius 2 is 1.84 bits per heavy atom. The summed E-state index contributed by atoms with van der Waals surface area (Å²) < 4.78 is 0. The summed E-state index contributed by atoms with van der Waals surface area (Å²) in [6, 6.07) is 8.62. The van der Waals surface area contributed by atoms with Gasteiger partial charge in [0.05, 0.1) is 6.54 Å². The van der Waals surface area contributed by atoms with Crippen LogP contribution < -0.4 is 5.73 Å². The molecule has 0 radical (unpaired) electrons. The Labute approximate surface area is 113 Å². The number of hydrogen-bond donors (Lipinski definition) is 2. The molecule has 1 unspecified atom stereocenters. The van der Waals surface area contributed by atoms with Gasteiger partial charge in [0.25, 0.3) is 5.91 Å². The first-order chi connectivity index (χ1) is 8.91. The summed E-state index contributed by atoms with van der Waals surface area (Å²) in [4.78, 5) is 24.5. The van der Waals surface area contributed by atoms with Crippen molar-refractivity contribution in [2.75, 3.05) is 13.1 Å². The number of carbonyl (C=O) groups is 2. The molecule has 3 N–H and O–H groups in total. The molecule has 19 heavy (non-hydrogen) atoms. The van der Waals surface area contributed by atoms with Crippen LogP contribution in [-0.4, -0.2) is 34.9 Å². The van der Waals surface area contributed by atoms with E-state index in [1.54, 1.807) is 30.3 Å². The van der Waals surface area contributed by atoms with Gasteiger partial charge >= 0.3 is 0 Å². The third-order valence-electron chi connectivity index (χ3n) is 2.59. The number of aliphatic hydroxyl groups is 1. The Bertz CT molecular complexity index is 432. The second-order valence-electron chi connectivity index (χ2n) is 4.89. The van der Waals surface area contributed by atoms with E-state index in [4.69, 9.17) is 5.73 Å². The van der Waals surface area contributed by atoms with E-state index >= 15 is 0 Å². The Kier molecular flexibility index (Phi) is 5.51. The quantitative estimate of drug-likeness (QED) is 0.793. The molecular formula is C14H20N2O3. The first-order valence-electron chi connectivity index (χ1n) is 6.22. The molecule has 0 heterocycles. The number of primary amides is 1. The van der Waals surface area contributed by atoms with Gasteiger partial charge in [0.15, 0.2) is 6.10 Å². The Balaban J connectivity index is 2.83. The van der Waals surface area contributed by atoms with Crippen molar-refractivity contribution in [3.05, 3.63) is 35.9 Å². The van der Waals surface area contributed by atoms with E-state index in [1.165, 1.54) is 4.90 Å². The summed E-state index contributed by atoms with van der Waals surface area (Å²) in [6.45, 7) is 4.05. The van der Waals surface area contributed by atoms with Crippen LogP contribution in [0.3, 0.4) is 0 Å². The zero-order valence-electron chi connectivity index (χ0n) is 11.2. The Morgan fingerprint density at radius 1 is 1.26 bits per heavy atom. The van der Waals surface area contributed by atoms with E-state index < -0.39 is 17.9 Å². The molecule has 1 atom stereocenters. The lowest BCUT2D eigenvalue weighted by molar-refractivity contribution is -0.143. The molecule has 0 bridgehead atoms. The minimum Gasteiger partial charge on any atom is -0.378 e. The molecule has 2 amide bonds. The average molecular weight is 264 g/mol. The molecular weight excluding hydrogens is 244 g/mol. The summed E-state index contributed by atoms with van der Waals surface area (Å²) in [5.41, 5.74) is 5.64. The van der Waals surface area contributed by atoms with Crippen molar-refractivity contribution in [2.45, 2.75) is 20.0 Å². The second kappa shape index (κ2) is 6.89. The molecule has 0 aliphatic carbocycles. The van der Waals surface area contributed by atoms with E-state index in [9.17, 15) is 14.7 Å². The van der Waals surface area contributed by atoms with E-state index in [2.05, 4.69) is 0 Å². The summed E-state index contributed by atoms with van der Waals surface area (Å²) >= 11 is 0. The molecule has 5 nitrogen and oxygen atoms in total. The lowest BCUT2D eigenvalue weighted by atomic mass is 10.1. The fourth-order valence-corrected chi connectivity index (χ4v) is 1.81. The maximum Gasteiger partial charge on any atom is 0.256 e. The number of amides is 2. The minimum atomic E-state index is -1.26. The molecule has 5 heteroatoms. The van der Waals surface area contributed by atoms with Crippen LogP contribution in [0, 0.1) is 5.92 Å². The largest absolute Gasteiger partial charge is 0.378 e. The second-order valence-corrected chi connectivity index (χ2v) is 4.89. The highest BCUT2D eigenvalue weighted by Gasteiger charge is 2.25. The lowest BCUT2D eigenvalue weighted by Crippen LogP contribution is -2.42. The van der Waals surface area contributed by atoms with Crippen molar-refractivity contribution >= 4 is 11.8 Å². The van der Waals surface area contributed by atoms with E-state index in [0.717, 1.165) is 0 Å². The van der Waals surface area contributed by atoms with Gasteiger partial charge in [0.2, 0.25) is 5.91 Å². The van der Waals surface area contributed by atoms with E-state index in [1.807, 2.05) is 13.8 Å². The van der Waals surface area contributed by atoms with Gasteiger partial charge in [-0.3, -0.25) is 9.59 Å². The van der Waals surface area contributed by atoms with Crippen LogP contribution in [0.4, 0.5) is 0 Å². The van der Waals surface area contributed by atoms with Gasteiger partial charge in [0.1, 0.15) is 0 Å². The molecule has 0 aliphatic heterocycles. The van der Waals surface area contributed by atoms with Gasteiger partial charge < -0.3 is 15.7 Å². The number of nitrogens with zero attached hydrogens (tertiary/aromatic N) is 1. The van der Waals surface area contributed by atoms with Crippen LogP contribution in [0.2, 0.25) is 0 Å². The van der Waals surface area contributed by atoms with Crippen LogP contribution in [0.25, 0.3) is 0 Å². The number of benzene rings is 1. The zero-order chi connectivity index (χ0) is 14.4. The van der Waals surface area contributed by atoms with E-state index in [-0.39, 0.29) is 12.5 Å². The number of aliphatic hydroxyl groups excluding tert-OH is 1. The third kappa shape index (κ3) is 4.71. The van der Waals surface area contributed by atoms with Crippen molar-refractivity contribution in [3.8, 4) is 0 Å². The highest BCUT2D eigenvalue weighted by atomic mass is 16.3. The molecule has 0 spiro atoms. The van der Waals surface area contributed by atoms with Crippen molar-refractivity contribution < 1.29 is 14.7 Å². The number of nitrogens with two attached hydrogens (primary N) is 1. The minimum absolute atomic E-state index is 0.180. The van der Waals surface area contributed by atoms with Crippen molar-refractivity contribution in [3.63, 3.8) is 0 Å². The topological polar surface area (TPSA) is 83.6 Å². The van der Waals surface area contributed by atoms with Crippen LogP contribution in [-0.2, 0) is 9.59 Å². The van der Waals surface area contributed by atoms with Gasteiger partial charge in [-0.1, -0.05) is 44.2 Å². The first-order valence-corrected chi connectivity index (χ1v) is 6.22. The molecule has 1 rings (SSSR count). The zero-order valence-corrected chi connectivity index (χ0v) is 11.2. The molecule has 0 aromatic heterocycles. The summed E-state index contributed by atoms with van der Waals surface area (Å²) in [5.74, 6) is -0.903. The van der Waals surface area contributed by atoms with Crippen LogP contribution in [0.15, 0.2) is 30.3 Å². The molecule has 0 saturated heterocycles. The fourth-order valence-electron chi connectivity index (χ4n) is 1.81. The van der Waals surface area contributed by atoms with Crippen molar-refractivity contribution in [1.82, 2.24) is 4.90 Å². The van der Waals surface area contributed by atoms with Crippen molar-refractivity contribution in [2.24, 2.45) is 11.7 Å². The van der Waals surface area contributed by atoms with Gasteiger partial charge in [-0.2, -0.15) is 0 Å². The van der Waals surface area contributed by atoms with E-state index in [0.29, 0.717) is 12.1 Å². The smallest absolute Gasteiger partial charge is 0.256 e. The molecule has 104 valence electrons. The number of hydrogen-bond acceptors (Lipinski definition) is 3. The summed E-state index contributed by atoms with van der Waals surface area (Å²) in [6.07, 6.45) is -1.26. The molecule has 1 aromatic rings. The van der Waals surface area contributed by atoms with Crippen LogP contribution >= 0.6 is 0 Å². The summed E-state index contributed by atoms with van der Waals surface area (Å²) in [5, 5.41) is 10.0. The molecule has 0 aliphatic rings. The van der Waals surface area contributed by atoms with Crippen LogP contribution in [0.5, 0.6) is 0 Å². The molecule has 0 fully saturated rings. The predicted molar refractivity (Wildman–Crippen MR) is 72.0 cm³/mol. The maximum absolute atomic E-state index is 12.2. The lowest BCUT2D eigenvalue weighted by Gasteiger charge is -2.25. The normalized spacial score (nSPS) is 12.2. The Morgan fingerprint density at radius 3 is 2.32 bits per heavy atom. The Hall–Kier alpha value is -1.88. The highest BCUT2D eigenvalue weighted by Crippen LogP contribution is 2.16. The first kappa shape index (κ1) is 15.2. The number of carbonyl (C=O) groups excluding carboxylic acids is 2. The van der Waals surface area contributed by atoms with Gasteiger partial charge in [0, 0.05) is 6.54 Å². The standard InChI is InChI=1S/C14H20N2O3/c1-10(2)8-16(9-12(15)17)14(19)13(18)11-6-4-3-5-7-11/h3-7,10,13,18H,8-9H2,1-2H3,(H2,15,17). The monoisotopic (exact) mass is 264 g/mol. The van der Waals surface area contributed by atoms with Crippen LogP contribution in [0.1, 0.15) is 25.5 Å². The SMILES string of the molecule is CC(C)CN(CC(N)=O)C(=O)C(O)c1ccccc1. The van der Waals surface area contributed by atoms with Crippen molar-refractivity contribution in [1.29, 1.82) is 0 Å². The summed E-state index contributed by atoms with van der Waals surface area (Å²) in [7, 11) is 0. The number of rotatable bonds is 6.